The number of halogens is 1. The van der Waals surface area contributed by atoms with Crippen LogP contribution in [0.25, 0.3) is 0 Å². The highest BCUT2D eigenvalue weighted by Crippen LogP contribution is 2.24. The van der Waals surface area contributed by atoms with Gasteiger partial charge in [-0.05, 0) is 38.0 Å². The Labute approximate surface area is 105 Å². The lowest BCUT2D eigenvalue weighted by atomic mass is 9.88. The molecule has 1 rings (SSSR count). The zero-order valence-electron chi connectivity index (χ0n) is 10.6. The SMILES string of the molecule is CC(C)CC1CCN(C(=O)[C@H](C)N)CC1.Cl. The molecule has 96 valence electrons. The number of nitrogens with zero attached hydrogens (tertiary/aromatic N) is 1. The molecule has 0 aromatic rings. The second kappa shape index (κ2) is 7.13. The van der Waals surface area contributed by atoms with Gasteiger partial charge in [0.2, 0.25) is 5.91 Å². The summed E-state index contributed by atoms with van der Waals surface area (Å²) in [5.41, 5.74) is 5.59. The zero-order valence-corrected chi connectivity index (χ0v) is 11.4. The molecule has 0 aromatic heterocycles. The van der Waals surface area contributed by atoms with Crippen LogP contribution in [0.15, 0.2) is 0 Å². The molecule has 0 bridgehead atoms. The standard InChI is InChI=1S/C12H24N2O.ClH/c1-9(2)8-11-4-6-14(7-5-11)12(15)10(3)13;/h9-11H,4-8,13H2,1-3H3;1H/t10-;/m0./s1. The monoisotopic (exact) mass is 248 g/mol. The van der Waals surface area contributed by atoms with Gasteiger partial charge in [0.05, 0.1) is 6.04 Å². The predicted octanol–water partition coefficient (Wildman–Crippen LogP) is 2.04. The van der Waals surface area contributed by atoms with Gasteiger partial charge in [0.25, 0.3) is 0 Å². The van der Waals surface area contributed by atoms with Gasteiger partial charge in [-0.15, -0.1) is 12.4 Å². The minimum absolute atomic E-state index is 0. The van der Waals surface area contributed by atoms with Crippen LogP contribution < -0.4 is 5.73 Å². The Morgan fingerprint density at radius 2 is 1.81 bits per heavy atom. The van der Waals surface area contributed by atoms with Crippen LogP contribution in [-0.2, 0) is 4.79 Å². The van der Waals surface area contributed by atoms with Crippen LogP contribution in [0.3, 0.4) is 0 Å². The summed E-state index contributed by atoms with van der Waals surface area (Å²) in [7, 11) is 0. The smallest absolute Gasteiger partial charge is 0.239 e. The molecule has 1 heterocycles. The molecule has 0 aliphatic carbocycles. The highest BCUT2D eigenvalue weighted by molar-refractivity contribution is 5.85. The maximum atomic E-state index is 11.6. The van der Waals surface area contributed by atoms with E-state index in [0.717, 1.165) is 37.8 Å². The summed E-state index contributed by atoms with van der Waals surface area (Å²) in [6.07, 6.45) is 3.59. The first-order chi connectivity index (χ1) is 7.00. The average Bonchev–Trinajstić information content (AvgIpc) is 2.17. The van der Waals surface area contributed by atoms with Gasteiger partial charge >= 0.3 is 0 Å². The predicted molar refractivity (Wildman–Crippen MR) is 69.7 cm³/mol. The maximum absolute atomic E-state index is 11.6. The van der Waals surface area contributed by atoms with E-state index in [1.807, 2.05) is 4.90 Å². The summed E-state index contributed by atoms with van der Waals surface area (Å²) in [6.45, 7) is 8.09. The van der Waals surface area contributed by atoms with E-state index < -0.39 is 0 Å². The summed E-state index contributed by atoms with van der Waals surface area (Å²) in [4.78, 5) is 13.5. The van der Waals surface area contributed by atoms with Crippen LogP contribution in [0.1, 0.15) is 40.0 Å². The molecule has 0 saturated carbocycles. The molecular weight excluding hydrogens is 224 g/mol. The first-order valence-electron chi connectivity index (χ1n) is 6.05. The highest BCUT2D eigenvalue weighted by atomic mass is 35.5. The maximum Gasteiger partial charge on any atom is 0.239 e. The molecule has 1 aliphatic rings. The van der Waals surface area contributed by atoms with E-state index in [9.17, 15) is 4.79 Å². The second-order valence-corrected chi connectivity index (χ2v) is 5.19. The third kappa shape index (κ3) is 4.71. The van der Waals surface area contributed by atoms with Crippen LogP contribution in [0.5, 0.6) is 0 Å². The Kier molecular flexibility index (Phi) is 7.00. The lowest BCUT2D eigenvalue weighted by Gasteiger charge is -2.33. The number of likely N-dealkylation sites (tertiary alicyclic amines) is 1. The number of hydrogen-bond donors (Lipinski definition) is 1. The van der Waals surface area contributed by atoms with E-state index >= 15 is 0 Å². The largest absolute Gasteiger partial charge is 0.341 e. The van der Waals surface area contributed by atoms with Gasteiger partial charge in [-0.2, -0.15) is 0 Å². The molecule has 1 atom stereocenters. The van der Waals surface area contributed by atoms with Crippen molar-refractivity contribution in [1.29, 1.82) is 0 Å². The molecular formula is C12H25ClN2O. The number of amides is 1. The molecule has 16 heavy (non-hydrogen) atoms. The molecule has 1 aliphatic heterocycles. The van der Waals surface area contributed by atoms with Crippen molar-refractivity contribution in [1.82, 2.24) is 4.90 Å². The van der Waals surface area contributed by atoms with Crippen molar-refractivity contribution in [2.45, 2.75) is 46.1 Å². The third-order valence-corrected chi connectivity index (χ3v) is 3.12. The van der Waals surface area contributed by atoms with E-state index in [1.165, 1.54) is 6.42 Å². The number of rotatable bonds is 3. The molecule has 0 aromatic carbocycles. The third-order valence-electron chi connectivity index (χ3n) is 3.12. The van der Waals surface area contributed by atoms with E-state index in [2.05, 4.69) is 13.8 Å². The summed E-state index contributed by atoms with van der Waals surface area (Å²) in [6, 6.07) is -0.341. The molecule has 0 unspecified atom stereocenters. The number of hydrogen-bond acceptors (Lipinski definition) is 2. The van der Waals surface area contributed by atoms with Crippen LogP contribution in [0, 0.1) is 11.8 Å². The molecule has 4 heteroatoms. The van der Waals surface area contributed by atoms with Gasteiger partial charge in [-0.1, -0.05) is 13.8 Å². The fourth-order valence-corrected chi connectivity index (χ4v) is 2.34. The van der Waals surface area contributed by atoms with E-state index in [1.54, 1.807) is 6.92 Å². The van der Waals surface area contributed by atoms with E-state index in [-0.39, 0.29) is 24.4 Å². The average molecular weight is 249 g/mol. The van der Waals surface area contributed by atoms with Gasteiger partial charge in [0, 0.05) is 13.1 Å². The molecule has 0 spiro atoms. The lowest BCUT2D eigenvalue weighted by molar-refractivity contribution is -0.133. The Morgan fingerprint density at radius 3 is 2.19 bits per heavy atom. The van der Waals surface area contributed by atoms with Gasteiger partial charge in [-0.25, -0.2) is 0 Å². The molecule has 1 fully saturated rings. The molecule has 1 amide bonds. The summed E-state index contributed by atoms with van der Waals surface area (Å²) < 4.78 is 0. The van der Waals surface area contributed by atoms with Crippen molar-refractivity contribution in [2.24, 2.45) is 17.6 Å². The Bertz CT molecular complexity index is 211. The van der Waals surface area contributed by atoms with Crippen molar-refractivity contribution in [2.75, 3.05) is 13.1 Å². The van der Waals surface area contributed by atoms with Crippen molar-refractivity contribution < 1.29 is 4.79 Å². The minimum Gasteiger partial charge on any atom is -0.341 e. The second-order valence-electron chi connectivity index (χ2n) is 5.19. The van der Waals surface area contributed by atoms with Gasteiger partial charge in [0.1, 0.15) is 0 Å². The Morgan fingerprint density at radius 1 is 1.31 bits per heavy atom. The summed E-state index contributed by atoms with van der Waals surface area (Å²) in [5.74, 6) is 1.69. The lowest BCUT2D eigenvalue weighted by Crippen LogP contribution is -2.46. The molecule has 3 nitrogen and oxygen atoms in total. The first kappa shape index (κ1) is 15.7. The normalized spacial score (nSPS) is 19.4. The van der Waals surface area contributed by atoms with Crippen LogP contribution in [-0.4, -0.2) is 29.9 Å². The van der Waals surface area contributed by atoms with Crippen molar-refractivity contribution in [3.05, 3.63) is 0 Å². The molecule has 0 radical (unpaired) electrons. The topological polar surface area (TPSA) is 46.3 Å². The van der Waals surface area contributed by atoms with Gasteiger partial charge in [0.15, 0.2) is 0 Å². The van der Waals surface area contributed by atoms with Crippen LogP contribution in [0.2, 0.25) is 0 Å². The summed E-state index contributed by atoms with van der Waals surface area (Å²) in [5, 5.41) is 0. The fourth-order valence-electron chi connectivity index (χ4n) is 2.34. The first-order valence-corrected chi connectivity index (χ1v) is 6.05. The van der Waals surface area contributed by atoms with Gasteiger partial charge < -0.3 is 10.6 Å². The fraction of sp³-hybridized carbons (Fsp3) is 0.917. The van der Waals surface area contributed by atoms with Crippen molar-refractivity contribution >= 4 is 18.3 Å². The Balaban J connectivity index is 0.00000225. The van der Waals surface area contributed by atoms with Crippen LogP contribution in [0.4, 0.5) is 0 Å². The quantitative estimate of drug-likeness (QED) is 0.831. The minimum atomic E-state index is -0.341. The van der Waals surface area contributed by atoms with Crippen molar-refractivity contribution in [3.8, 4) is 0 Å². The molecule has 1 saturated heterocycles. The zero-order chi connectivity index (χ0) is 11.4. The van der Waals surface area contributed by atoms with Crippen molar-refractivity contribution in [3.63, 3.8) is 0 Å². The number of carbonyl (C=O) groups is 1. The van der Waals surface area contributed by atoms with E-state index in [0.29, 0.717) is 0 Å². The highest BCUT2D eigenvalue weighted by Gasteiger charge is 2.24. The Hall–Kier alpha value is -0.280. The molecule has 2 N–H and O–H groups in total. The van der Waals surface area contributed by atoms with Gasteiger partial charge in [-0.3, -0.25) is 4.79 Å². The number of piperidine rings is 1. The number of carbonyl (C=O) groups excluding carboxylic acids is 1. The van der Waals surface area contributed by atoms with Crippen LogP contribution >= 0.6 is 12.4 Å². The van der Waals surface area contributed by atoms with E-state index in [4.69, 9.17) is 5.73 Å². The number of nitrogens with two attached hydrogens (primary N) is 1. The summed E-state index contributed by atoms with van der Waals surface area (Å²) >= 11 is 0.